The molecular formula is C21H20N2O3. The topological polar surface area (TPSA) is 64.2 Å². The Kier molecular flexibility index (Phi) is 5.17. The Balaban J connectivity index is 1.85. The van der Waals surface area contributed by atoms with Gasteiger partial charge in [-0.2, -0.15) is 0 Å². The van der Waals surface area contributed by atoms with Crippen LogP contribution in [-0.4, -0.2) is 30.0 Å². The highest BCUT2D eigenvalue weighted by Gasteiger charge is 2.13. The van der Waals surface area contributed by atoms with E-state index in [1.807, 2.05) is 49.4 Å². The van der Waals surface area contributed by atoms with E-state index in [1.54, 1.807) is 26.4 Å². The number of rotatable bonds is 6. The molecule has 5 nitrogen and oxygen atoms in total. The van der Waals surface area contributed by atoms with Crippen LogP contribution in [0.25, 0.3) is 17.5 Å². The molecule has 1 heterocycles. The fraction of sp³-hybridized carbons (Fsp3) is 0.143. The molecule has 0 aliphatic carbocycles. The van der Waals surface area contributed by atoms with Crippen LogP contribution in [0.4, 0.5) is 0 Å². The highest BCUT2D eigenvalue weighted by molar-refractivity contribution is 6.06. The summed E-state index contributed by atoms with van der Waals surface area (Å²) in [5.41, 5.74) is 2.88. The Morgan fingerprint density at radius 1 is 1.08 bits per heavy atom. The minimum absolute atomic E-state index is 0.168. The predicted octanol–water partition coefficient (Wildman–Crippen LogP) is 4.30. The molecule has 0 saturated heterocycles. The van der Waals surface area contributed by atoms with Crippen LogP contribution < -0.4 is 9.47 Å². The number of ether oxygens (including phenoxy) is 2. The zero-order chi connectivity index (χ0) is 18.5. The van der Waals surface area contributed by atoms with Gasteiger partial charge in [-0.3, -0.25) is 4.79 Å². The van der Waals surface area contributed by atoms with Crippen molar-refractivity contribution in [3.63, 3.8) is 0 Å². The number of aromatic nitrogens is 2. The molecule has 0 unspecified atom stereocenters. The van der Waals surface area contributed by atoms with E-state index in [0.29, 0.717) is 23.0 Å². The zero-order valence-corrected chi connectivity index (χ0v) is 14.9. The fourth-order valence-electron chi connectivity index (χ4n) is 2.63. The maximum Gasteiger partial charge on any atom is 0.206 e. The fourth-order valence-corrected chi connectivity index (χ4v) is 2.63. The SMILES string of the molecule is COc1ccc(C=CC(=O)c2nc(-c3ccccc3)[nH]c2C)c(OC)c1. The van der Waals surface area contributed by atoms with Crippen LogP contribution >= 0.6 is 0 Å². The Bertz CT molecular complexity index is 943. The van der Waals surface area contributed by atoms with Crippen LogP contribution in [0.1, 0.15) is 21.7 Å². The average molecular weight is 348 g/mol. The number of imidazole rings is 1. The van der Waals surface area contributed by atoms with Gasteiger partial charge in [0.2, 0.25) is 5.78 Å². The maximum atomic E-state index is 12.6. The van der Waals surface area contributed by atoms with Gasteiger partial charge in [0.05, 0.1) is 14.2 Å². The smallest absolute Gasteiger partial charge is 0.206 e. The summed E-state index contributed by atoms with van der Waals surface area (Å²) in [4.78, 5) is 20.2. The summed E-state index contributed by atoms with van der Waals surface area (Å²) in [6.07, 6.45) is 3.22. The molecule has 3 aromatic rings. The van der Waals surface area contributed by atoms with Crippen LogP contribution in [-0.2, 0) is 0 Å². The Morgan fingerprint density at radius 2 is 1.85 bits per heavy atom. The highest BCUT2D eigenvalue weighted by atomic mass is 16.5. The van der Waals surface area contributed by atoms with Gasteiger partial charge in [-0.05, 0) is 31.2 Å². The number of nitrogens with zero attached hydrogens (tertiary/aromatic N) is 1. The molecule has 0 saturated carbocycles. The van der Waals surface area contributed by atoms with Crippen molar-refractivity contribution < 1.29 is 14.3 Å². The second-order valence-corrected chi connectivity index (χ2v) is 5.73. The monoisotopic (exact) mass is 348 g/mol. The first-order valence-corrected chi connectivity index (χ1v) is 8.19. The lowest BCUT2D eigenvalue weighted by atomic mass is 10.1. The van der Waals surface area contributed by atoms with E-state index in [4.69, 9.17) is 9.47 Å². The standard InChI is InChI=1S/C21H20N2O3/c1-14-20(23-21(22-14)16-7-5-4-6-8-16)18(24)12-10-15-9-11-17(25-2)13-19(15)26-3/h4-13H,1-3H3,(H,22,23). The normalized spacial score (nSPS) is 10.9. The van der Waals surface area contributed by atoms with Crippen LogP contribution in [0.2, 0.25) is 0 Å². The summed E-state index contributed by atoms with van der Waals surface area (Å²) >= 11 is 0. The number of nitrogens with one attached hydrogen (secondary N) is 1. The summed E-state index contributed by atoms with van der Waals surface area (Å²) in [5.74, 6) is 1.85. The molecular weight excluding hydrogens is 328 g/mol. The zero-order valence-electron chi connectivity index (χ0n) is 14.9. The van der Waals surface area contributed by atoms with Crippen molar-refractivity contribution in [2.75, 3.05) is 14.2 Å². The van der Waals surface area contributed by atoms with Crippen molar-refractivity contribution in [3.8, 4) is 22.9 Å². The molecule has 26 heavy (non-hydrogen) atoms. The maximum absolute atomic E-state index is 12.6. The number of benzene rings is 2. The van der Waals surface area contributed by atoms with Crippen molar-refractivity contribution in [2.45, 2.75) is 6.92 Å². The van der Waals surface area contributed by atoms with Crippen LogP contribution in [0, 0.1) is 6.92 Å². The summed E-state index contributed by atoms with van der Waals surface area (Å²) in [6, 6.07) is 15.1. The van der Waals surface area contributed by atoms with Gasteiger partial charge in [0.15, 0.2) is 0 Å². The summed E-state index contributed by atoms with van der Waals surface area (Å²) in [7, 11) is 3.18. The van der Waals surface area contributed by atoms with Crippen LogP contribution in [0.3, 0.4) is 0 Å². The van der Waals surface area contributed by atoms with Crippen LogP contribution in [0.5, 0.6) is 11.5 Å². The van der Waals surface area contributed by atoms with Gasteiger partial charge in [-0.1, -0.05) is 30.3 Å². The van der Waals surface area contributed by atoms with Crippen molar-refractivity contribution in [3.05, 3.63) is 71.6 Å². The summed E-state index contributed by atoms with van der Waals surface area (Å²) < 4.78 is 10.5. The molecule has 0 radical (unpaired) electrons. The predicted molar refractivity (Wildman–Crippen MR) is 102 cm³/mol. The number of carbonyl (C=O) groups excluding carboxylic acids is 1. The lowest BCUT2D eigenvalue weighted by Crippen LogP contribution is -1.97. The third-order valence-corrected chi connectivity index (χ3v) is 4.02. The number of H-pyrrole nitrogens is 1. The number of hydrogen-bond donors (Lipinski definition) is 1. The molecule has 0 aliphatic rings. The largest absolute Gasteiger partial charge is 0.497 e. The number of aryl methyl sites for hydroxylation is 1. The van der Waals surface area contributed by atoms with E-state index < -0.39 is 0 Å². The Hall–Kier alpha value is -3.34. The molecule has 5 heteroatoms. The van der Waals surface area contributed by atoms with E-state index in [-0.39, 0.29) is 5.78 Å². The number of carbonyl (C=O) groups is 1. The van der Waals surface area contributed by atoms with E-state index in [1.165, 1.54) is 6.08 Å². The van der Waals surface area contributed by atoms with E-state index >= 15 is 0 Å². The first kappa shape index (κ1) is 17.5. The molecule has 132 valence electrons. The quantitative estimate of drug-likeness (QED) is 0.533. The molecule has 2 aromatic carbocycles. The molecule has 0 spiro atoms. The molecule has 0 amide bonds. The van der Waals surface area contributed by atoms with Crippen molar-refractivity contribution in [1.29, 1.82) is 0 Å². The van der Waals surface area contributed by atoms with E-state index in [9.17, 15) is 4.79 Å². The van der Waals surface area contributed by atoms with E-state index in [0.717, 1.165) is 16.8 Å². The van der Waals surface area contributed by atoms with E-state index in [2.05, 4.69) is 9.97 Å². The molecule has 0 fully saturated rings. The minimum atomic E-state index is -0.168. The lowest BCUT2D eigenvalue weighted by molar-refractivity contribution is 0.104. The van der Waals surface area contributed by atoms with Crippen molar-refractivity contribution >= 4 is 11.9 Å². The van der Waals surface area contributed by atoms with Gasteiger partial charge < -0.3 is 14.5 Å². The first-order valence-electron chi connectivity index (χ1n) is 8.19. The first-order chi connectivity index (χ1) is 12.6. The Labute approximate surface area is 152 Å². The van der Waals surface area contributed by atoms with Gasteiger partial charge in [-0.25, -0.2) is 4.98 Å². The molecule has 0 aliphatic heterocycles. The van der Waals surface area contributed by atoms with Gasteiger partial charge >= 0.3 is 0 Å². The molecule has 0 bridgehead atoms. The lowest BCUT2D eigenvalue weighted by Gasteiger charge is -2.07. The molecule has 1 N–H and O–H groups in total. The number of methoxy groups -OCH3 is 2. The average Bonchev–Trinajstić information content (AvgIpc) is 3.08. The number of hydrogen-bond acceptors (Lipinski definition) is 4. The van der Waals surface area contributed by atoms with Gasteiger partial charge in [-0.15, -0.1) is 0 Å². The summed E-state index contributed by atoms with van der Waals surface area (Å²) in [6.45, 7) is 1.84. The van der Waals surface area contributed by atoms with Gasteiger partial charge in [0.25, 0.3) is 0 Å². The molecule has 0 atom stereocenters. The third-order valence-electron chi connectivity index (χ3n) is 4.02. The number of ketones is 1. The summed E-state index contributed by atoms with van der Waals surface area (Å²) in [5, 5.41) is 0. The minimum Gasteiger partial charge on any atom is -0.497 e. The highest BCUT2D eigenvalue weighted by Crippen LogP contribution is 2.26. The van der Waals surface area contributed by atoms with Gasteiger partial charge in [0.1, 0.15) is 23.0 Å². The van der Waals surface area contributed by atoms with Crippen LogP contribution in [0.15, 0.2) is 54.6 Å². The molecule has 3 rings (SSSR count). The second-order valence-electron chi connectivity index (χ2n) is 5.73. The van der Waals surface area contributed by atoms with Crippen molar-refractivity contribution in [2.24, 2.45) is 0 Å². The number of aromatic amines is 1. The Morgan fingerprint density at radius 3 is 2.54 bits per heavy atom. The second kappa shape index (κ2) is 7.70. The number of allylic oxidation sites excluding steroid dienone is 1. The third kappa shape index (κ3) is 3.67. The molecule has 1 aromatic heterocycles. The van der Waals surface area contributed by atoms with Gasteiger partial charge in [0, 0.05) is 22.9 Å². The van der Waals surface area contributed by atoms with Crippen molar-refractivity contribution in [1.82, 2.24) is 9.97 Å².